The summed E-state index contributed by atoms with van der Waals surface area (Å²) in [4.78, 5) is 25.2. The van der Waals surface area contributed by atoms with E-state index in [1.54, 1.807) is 12.5 Å². The van der Waals surface area contributed by atoms with Gasteiger partial charge in [0.1, 0.15) is 16.9 Å². The summed E-state index contributed by atoms with van der Waals surface area (Å²) >= 11 is 0. The van der Waals surface area contributed by atoms with E-state index in [0.717, 1.165) is 46.1 Å². The van der Waals surface area contributed by atoms with Gasteiger partial charge in [-0.3, -0.25) is 4.79 Å². The molecule has 0 aliphatic carbocycles. The molecule has 1 amide bonds. The molecular weight excluding hydrogens is 382 g/mol. The van der Waals surface area contributed by atoms with Crippen molar-refractivity contribution in [1.29, 1.82) is 0 Å². The van der Waals surface area contributed by atoms with Crippen LogP contribution in [0.1, 0.15) is 41.4 Å². The van der Waals surface area contributed by atoms with Crippen LogP contribution in [0.5, 0.6) is 0 Å². The summed E-state index contributed by atoms with van der Waals surface area (Å²) in [6.07, 6.45) is 4.79. The van der Waals surface area contributed by atoms with Crippen molar-refractivity contribution in [2.24, 2.45) is 0 Å². The van der Waals surface area contributed by atoms with Crippen LogP contribution in [0, 0.1) is 20.8 Å². The molecule has 3 aromatic heterocycles. The van der Waals surface area contributed by atoms with Crippen molar-refractivity contribution in [3.8, 4) is 0 Å². The number of hydrogen-bond donors (Lipinski definition) is 1. The normalized spacial score (nSPS) is 12.5. The summed E-state index contributed by atoms with van der Waals surface area (Å²) in [6, 6.07) is 5.57. The monoisotopic (exact) mass is 407 g/mol. The van der Waals surface area contributed by atoms with Gasteiger partial charge in [-0.15, -0.1) is 0 Å². The first-order valence-electron chi connectivity index (χ1n) is 10.1. The summed E-state index contributed by atoms with van der Waals surface area (Å²) in [7, 11) is 0. The number of nitrogens with one attached hydrogen (secondary N) is 1. The smallest absolute Gasteiger partial charge is 0.340 e. The lowest BCUT2D eigenvalue weighted by molar-refractivity contribution is -0.121. The van der Waals surface area contributed by atoms with Gasteiger partial charge in [-0.25, -0.2) is 4.79 Å². The molecule has 0 saturated heterocycles. The van der Waals surface area contributed by atoms with Gasteiger partial charge in [0, 0.05) is 17.8 Å². The first kappa shape index (κ1) is 20.0. The maximum absolute atomic E-state index is 12.6. The summed E-state index contributed by atoms with van der Waals surface area (Å²) in [6.45, 7) is 7.73. The van der Waals surface area contributed by atoms with Gasteiger partial charge in [-0.1, -0.05) is 0 Å². The van der Waals surface area contributed by atoms with E-state index in [-0.39, 0.29) is 18.4 Å². The van der Waals surface area contributed by atoms with Crippen molar-refractivity contribution in [2.45, 2.75) is 53.0 Å². The minimum atomic E-state index is -0.486. The number of benzene rings is 1. The van der Waals surface area contributed by atoms with E-state index in [2.05, 4.69) is 5.32 Å². The summed E-state index contributed by atoms with van der Waals surface area (Å²) in [5.74, 6) is 0.672. The van der Waals surface area contributed by atoms with Gasteiger partial charge < -0.3 is 18.6 Å². The molecule has 0 aliphatic heterocycles. The van der Waals surface area contributed by atoms with Gasteiger partial charge in [0.25, 0.3) is 0 Å². The van der Waals surface area contributed by atoms with Crippen molar-refractivity contribution in [2.75, 3.05) is 0 Å². The van der Waals surface area contributed by atoms with Gasteiger partial charge in [0.15, 0.2) is 0 Å². The molecule has 1 aromatic carbocycles. The van der Waals surface area contributed by atoms with Gasteiger partial charge >= 0.3 is 5.63 Å². The first-order chi connectivity index (χ1) is 14.3. The van der Waals surface area contributed by atoms with Crippen LogP contribution in [-0.2, 0) is 17.6 Å². The molecule has 0 radical (unpaired) electrons. The molecule has 0 spiro atoms. The zero-order valence-corrected chi connectivity index (χ0v) is 17.6. The van der Waals surface area contributed by atoms with E-state index in [1.807, 2.05) is 45.9 Å². The summed E-state index contributed by atoms with van der Waals surface area (Å²) in [5.41, 5.74) is 3.78. The Morgan fingerprint density at radius 2 is 1.93 bits per heavy atom. The number of furan rings is 2. The molecule has 156 valence electrons. The minimum Gasteiger partial charge on any atom is -0.469 e. The molecule has 0 saturated carbocycles. The number of amides is 1. The topological polar surface area (TPSA) is 85.6 Å². The van der Waals surface area contributed by atoms with E-state index in [9.17, 15) is 9.59 Å². The molecule has 6 heteroatoms. The minimum absolute atomic E-state index is 0.0374. The number of rotatable bonds is 6. The molecule has 0 fully saturated rings. The Morgan fingerprint density at radius 3 is 2.67 bits per heavy atom. The largest absolute Gasteiger partial charge is 0.469 e. The fourth-order valence-electron chi connectivity index (χ4n) is 4.05. The summed E-state index contributed by atoms with van der Waals surface area (Å²) < 4.78 is 16.7. The SMILES string of the molecule is Cc1coc2c1c(C)cc1oc(=O)c(CC(=O)NC(C)CCc3ccco3)c(C)c12. The van der Waals surface area contributed by atoms with Crippen LogP contribution in [-0.4, -0.2) is 11.9 Å². The Morgan fingerprint density at radius 1 is 1.13 bits per heavy atom. The second-order valence-electron chi connectivity index (χ2n) is 7.95. The third kappa shape index (κ3) is 3.65. The zero-order valence-electron chi connectivity index (χ0n) is 17.6. The Kier molecular flexibility index (Phi) is 5.24. The first-order valence-corrected chi connectivity index (χ1v) is 10.1. The van der Waals surface area contributed by atoms with E-state index in [1.165, 1.54) is 0 Å². The average molecular weight is 407 g/mol. The molecule has 1 N–H and O–H groups in total. The van der Waals surface area contributed by atoms with Crippen molar-refractivity contribution in [1.82, 2.24) is 5.32 Å². The predicted octanol–water partition coefficient (Wildman–Crippen LogP) is 4.74. The van der Waals surface area contributed by atoms with Crippen LogP contribution in [0.3, 0.4) is 0 Å². The molecule has 4 rings (SSSR count). The third-order valence-electron chi connectivity index (χ3n) is 5.62. The average Bonchev–Trinajstić information content (AvgIpc) is 3.33. The zero-order chi connectivity index (χ0) is 21.4. The molecule has 4 aromatic rings. The highest BCUT2D eigenvalue weighted by atomic mass is 16.4. The fraction of sp³-hybridized carbons (Fsp3) is 0.333. The van der Waals surface area contributed by atoms with Crippen LogP contribution < -0.4 is 10.9 Å². The third-order valence-corrected chi connectivity index (χ3v) is 5.62. The van der Waals surface area contributed by atoms with E-state index in [4.69, 9.17) is 13.3 Å². The number of carbonyl (C=O) groups excluding carboxylic acids is 1. The van der Waals surface area contributed by atoms with Gasteiger partial charge in [-0.05, 0) is 69.0 Å². The van der Waals surface area contributed by atoms with Crippen molar-refractivity contribution >= 4 is 27.8 Å². The Labute approximate surface area is 173 Å². The van der Waals surface area contributed by atoms with Gasteiger partial charge in [-0.2, -0.15) is 0 Å². The highest BCUT2D eigenvalue weighted by Crippen LogP contribution is 2.34. The lowest BCUT2D eigenvalue weighted by Crippen LogP contribution is -2.35. The maximum atomic E-state index is 12.6. The fourth-order valence-corrected chi connectivity index (χ4v) is 4.05. The molecule has 1 atom stereocenters. The molecule has 0 aliphatic rings. The highest BCUT2D eigenvalue weighted by Gasteiger charge is 2.20. The standard InChI is InChI=1S/C24H25NO5/c1-13-10-19-22(23-21(13)14(2)12-29-23)16(4)18(24(27)30-19)11-20(26)25-15(3)7-8-17-6-5-9-28-17/h5-6,9-10,12,15H,7-8,11H2,1-4H3,(H,25,26). The Hall–Kier alpha value is -3.28. The summed E-state index contributed by atoms with van der Waals surface area (Å²) in [5, 5.41) is 4.72. The quantitative estimate of drug-likeness (QED) is 0.467. The lowest BCUT2D eigenvalue weighted by Gasteiger charge is -2.14. The van der Waals surface area contributed by atoms with E-state index in [0.29, 0.717) is 16.7 Å². The second kappa shape index (κ2) is 7.86. The molecule has 6 nitrogen and oxygen atoms in total. The van der Waals surface area contributed by atoms with E-state index < -0.39 is 5.63 Å². The van der Waals surface area contributed by atoms with Crippen molar-refractivity contribution in [3.63, 3.8) is 0 Å². The van der Waals surface area contributed by atoms with Crippen LogP contribution in [0.2, 0.25) is 0 Å². The second-order valence-corrected chi connectivity index (χ2v) is 7.95. The number of hydrogen-bond acceptors (Lipinski definition) is 5. The Bertz CT molecular complexity index is 1280. The predicted molar refractivity (Wildman–Crippen MR) is 115 cm³/mol. The lowest BCUT2D eigenvalue weighted by atomic mass is 9.98. The number of aryl methyl sites for hydroxylation is 4. The van der Waals surface area contributed by atoms with Gasteiger partial charge in [0.05, 0.1) is 29.9 Å². The van der Waals surface area contributed by atoms with Crippen molar-refractivity contribution < 1.29 is 18.0 Å². The molecule has 30 heavy (non-hydrogen) atoms. The van der Waals surface area contributed by atoms with Crippen LogP contribution in [0.15, 0.2) is 48.8 Å². The molecule has 0 bridgehead atoms. The van der Waals surface area contributed by atoms with Crippen LogP contribution in [0.25, 0.3) is 21.9 Å². The van der Waals surface area contributed by atoms with Crippen LogP contribution >= 0.6 is 0 Å². The van der Waals surface area contributed by atoms with Crippen LogP contribution in [0.4, 0.5) is 0 Å². The highest BCUT2D eigenvalue weighted by molar-refractivity contribution is 6.07. The Balaban J connectivity index is 1.59. The number of carbonyl (C=O) groups is 1. The molecular formula is C24H25NO5. The van der Waals surface area contributed by atoms with Gasteiger partial charge in [0.2, 0.25) is 5.91 Å². The number of fused-ring (bicyclic) bond motifs is 3. The molecule has 1 unspecified atom stereocenters. The maximum Gasteiger partial charge on any atom is 0.340 e. The van der Waals surface area contributed by atoms with E-state index >= 15 is 0 Å². The van der Waals surface area contributed by atoms with Crippen molar-refractivity contribution in [3.05, 3.63) is 69.2 Å². The molecule has 3 heterocycles.